The lowest BCUT2D eigenvalue weighted by Gasteiger charge is -2.28. The molecule has 3 aromatic rings. The van der Waals surface area contributed by atoms with Crippen LogP contribution >= 0.6 is 0 Å². The highest BCUT2D eigenvalue weighted by Gasteiger charge is 2.22. The quantitative estimate of drug-likeness (QED) is 0.214. The first-order valence-electron chi connectivity index (χ1n) is 17.2. The van der Waals surface area contributed by atoms with Crippen LogP contribution in [0.5, 0.6) is 11.5 Å². The van der Waals surface area contributed by atoms with Crippen LogP contribution in [0.4, 0.5) is 0 Å². The van der Waals surface area contributed by atoms with Crippen LogP contribution < -0.4 is 9.47 Å². The number of rotatable bonds is 10. The molecule has 2 aliphatic carbocycles. The summed E-state index contributed by atoms with van der Waals surface area (Å²) < 4.78 is 10.1. The summed E-state index contributed by atoms with van der Waals surface area (Å²) in [5.74, 6) is 5.14. The molecule has 4 nitrogen and oxygen atoms in total. The number of aldehydes is 2. The van der Waals surface area contributed by atoms with E-state index in [0.717, 1.165) is 64.4 Å². The molecule has 0 N–H and O–H groups in total. The molecule has 244 valence electrons. The van der Waals surface area contributed by atoms with Crippen molar-refractivity contribution in [3.05, 3.63) is 94.5 Å². The molecule has 0 spiro atoms. The van der Waals surface area contributed by atoms with E-state index < -0.39 is 0 Å². The van der Waals surface area contributed by atoms with E-state index in [0.29, 0.717) is 0 Å². The Hall–Kier alpha value is -3.40. The summed E-state index contributed by atoms with van der Waals surface area (Å²) in [5.41, 5.74) is 5.50. The van der Waals surface area contributed by atoms with Crippen LogP contribution in [0.1, 0.15) is 140 Å². The van der Waals surface area contributed by atoms with Gasteiger partial charge >= 0.3 is 0 Å². The molecular formula is C41H56O4. The van der Waals surface area contributed by atoms with E-state index in [1.165, 1.54) is 88.2 Å². The number of aryl methyl sites for hydroxylation is 1. The third-order valence-electron chi connectivity index (χ3n) is 9.78. The maximum absolute atomic E-state index is 10.6. The van der Waals surface area contributed by atoms with Gasteiger partial charge in [-0.15, -0.1) is 0 Å². The fraction of sp³-hybridized carbons (Fsp3) is 0.512. The maximum Gasteiger partial charge on any atom is 0.150 e. The predicted octanol–water partition coefficient (Wildman–Crippen LogP) is 11.2. The lowest BCUT2D eigenvalue weighted by Crippen LogP contribution is -2.13. The van der Waals surface area contributed by atoms with E-state index >= 15 is 0 Å². The Balaban J connectivity index is 0.000000189. The Labute approximate surface area is 272 Å². The second-order valence-corrected chi connectivity index (χ2v) is 12.9. The lowest BCUT2D eigenvalue weighted by molar-refractivity contribution is 0.111. The van der Waals surface area contributed by atoms with E-state index in [2.05, 4.69) is 38.1 Å². The molecule has 2 saturated carbocycles. The number of hydrogen-bond donors (Lipinski definition) is 0. The van der Waals surface area contributed by atoms with Crippen molar-refractivity contribution < 1.29 is 19.1 Å². The van der Waals surface area contributed by atoms with Crippen molar-refractivity contribution in [1.29, 1.82) is 0 Å². The Morgan fingerprint density at radius 2 is 1.02 bits per heavy atom. The molecule has 0 heterocycles. The van der Waals surface area contributed by atoms with Crippen molar-refractivity contribution in [2.45, 2.75) is 110 Å². The molecule has 0 bridgehead atoms. The van der Waals surface area contributed by atoms with Gasteiger partial charge in [-0.2, -0.15) is 0 Å². The van der Waals surface area contributed by atoms with E-state index in [-0.39, 0.29) is 0 Å². The van der Waals surface area contributed by atoms with Gasteiger partial charge in [0.1, 0.15) is 24.1 Å². The van der Waals surface area contributed by atoms with E-state index in [4.69, 9.17) is 9.47 Å². The second-order valence-electron chi connectivity index (χ2n) is 12.9. The highest BCUT2D eigenvalue weighted by Crippen LogP contribution is 2.38. The van der Waals surface area contributed by atoms with Crippen molar-refractivity contribution in [2.75, 3.05) is 14.2 Å². The van der Waals surface area contributed by atoms with E-state index in [1.54, 1.807) is 14.2 Å². The van der Waals surface area contributed by atoms with Crippen LogP contribution in [-0.2, 0) is 0 Å². The molecule has 0 aliphatic heterocycles. The van der Waals surface area contributed by atoms with Gasteiger partial charge in [0.15, 0.2) is 0 Å². The van der Waals surface area contributed by atoms with Gasteiger partial charge in [0.25, 0.3) is 0 Å². The van der Waals surface area contributed by atoms with Crippen molar-refractivity contribution in [1.82, 2.24) is 0 Å². The molecular weight excluding hydrogens is 556 g/mol. The van der Waals surface area contributed by atoms with Crippen molar-refractivity contribution in [3.63, 3.8) is 0 Å². The predicted molar refractivity (Wildman–Crippen MR) is 187 cm³/mol. The molecule has 0 atom stereocenters. The van der Waals surface area contributed by atoms with Crippen LogP contribution in [0.2, 0.25) is 0 Å². The molecule has 3 aromatic carbocycles. The zero-order valence-electron chi connectivity index (χ0n) is 28.4. The van der Waals surface area contributed by atoms with Crippen LogP contribution in [0.3, 0.4) is 0 Å². The van der Waals surface area contributed by atoms with Crippen LogP contribution in [-0.4, -0.2) is 26.8 Å². The first-order valence-corrected chi connectivity index (χ1v) is 17.2. The van der Waals surface area contributed by atoms with E-state index in [9.17, 15) is 9.59 Å². The smallest absolute Gasteiger partial charge is 0.150 e. The standard InChI is InChI=1S/2C16H22O.C9H12O2/c2*1-2-3-13-4-8-15(9-5-13)16-10-6-14(12-17)7-11-16;1-7-6-8(10-2)4-5-9(7)11-3/h2*6-7,10-13,15H,2-5,8-9H2,1H3;4-6H,1-3H3. The average Bonchev–Trinajstić information content (AvgIpc) is 3.10. The van der Waals surface area contributed by atoms with Crippen LogP contribution in [0, 0.1) is 18.8 Å². The lowest BCUT2D eigenvalue weighted by atomic mass is 9.77. The summed E-state index contributed by atoms with van der Waals surface area (Å²) in [5, 5.41) is 0. The number of carbonyl (C=O) groups excluding carboxylic acids is 2. The van der Waals surface area contributed by atoms with Crippen molar-refractivity contribution in [3.8, 4) is 11.5 Å². The Kier molecular flexibility index (Phi) is 15.9. The van der Waals surface area contributed by atoms with E-state index in [1.807, 2.05) is 49.4 Å². The number of ether oxygens (including phenoxy) is 2. The molecule has 2 fully saturated rings. The summed E-state index contributed by atoms with van der Waals surface area (Å²) in [6.45, 7) is 6.55. The van der Waals surface area contributed by atoms with Crippen LogP contribution in [0.15, 0.2) is 66.7 Å². The highest BCUT2D eigenvalue weighted by atomic mass is 16.5. The van der Waals surface area contributed by atoms with Crippen molar-refractivity contribution in [2.24, 2.45) is 11.8 Å². The van der Waals surface area contributed by atoms with Crippen molar-refractivity contribution >= 4 is 12.6 Å². The normalized spacial score (nSPS) is 20.8. The second kappa shape index (κ2) is 19.9. The molecule has 45 heavy (non-hydrogen) atoms. The minimum atomic E-state index is 0.726. The summed E-state index contributed by atoms with van der Waals surface area (Å²) >= 11 is 0. The first kappa shape index (κ1) is 36.1. The molecule has 0 radical (unpaired) electrons. The topological polar surface area (TPSA) is 52.6 Å². The maximum atomic E-state index is 10.6. The SMILES string of the molecule is CCCC1CCC(c2ccc(C=O)cc2)CC1.CCCC1CCC(c2ccc(C=O)cc2)CC1.COc1ccc(OC)c(C)c1. The number of benzene rings is 3. The molecule has 0 unspecified atom stereocenters. The molecule has 0 amide bonds. The largest absolute Gasteiger partial charge is 0.497 e. The number of carbonyl (C=O) groups is 2. The first-order chi connectivity index (χ1) is 21.9. The summed E-state index contributed by atoms with van der Waals surface area (Å²) in [6.07, 6.45) is 18.1. The summed E-state index contributed by atoms with van der Waals surface area (Å²) in [6, 6.07) is 22.0. The third kappa shape index (κ3) is 11.8. The van der Waals surface area contributed by atoms with Gasteiger partial charge in [0.05, 0.1) is 14.2 Å². The third-order valence-corrected chi connectivity index (χ3v) is 9.78. The summed E-state index contributed by atoms with van der Waals surface area (Å²) in [4.78, 5) is 21.2. The summed E-state index contributed by atoms with van der Waals surface area (Å²) in [7, 11) is 3.32. The highest BCUT2D eigenvalue weighted by molar-refractivity contribution is 5.75. The van der Waals surface area contributed by atoms with Gasteiger partial charge in [-0.3, -0.25) is 9.59 Å². The number of methoxy groups -OCH3 is 2. The molecule has 0 saturated heterocycles. The van der Waals surface area contributed by atoms with Gasteiger partial charge in [-0.05, 0) is 117 Å². The Bertz CT molecular complexity index is 1170. The van der Waals surface area contributed by atoms with Gasteiger partial charge in [0, 0.05) is 11.1 Å². The molecule has 0 aromatic heterocycles. The van der Waals surface area contributed by atoms with Gasteiger partial charge in [-0.1, -0.05) is 88.1 Å². The number of hydrogen-bond acceptors (Lipinski definition) is 4. The van der Waals surface area contributed by atoms with Gasteiger partial charge in [0.2, 0.25) is 0 Å². The molecule has 4 heteroatoms. The minimum absolute atomic E-state index is 0.726. The Morgan fingerprint density at radius 3 is 1.33 bits per heavy atom. The fourth-order valence-electron chi connectivity index (χ4n) is 7.06. The monoisotopic (exact) mass is 612 g/mol. The molecule has 2 aliphatic rings. The average molecular weight is 613 g/mol. The Morgan fingerprint density at radius 1 is 0.600 bits per heavy atom. The zero-order valence-corrected chi connectivity index (χ0v) is 28.4. The minimum Gasteiger partial charge on any atom is -0.497 e. The van der Waals surface area contributed by atoms with Crippen LogP contribution in [0.25, 0.3) is 0 Å². The van der Waals surface area contributed by atoms with Gasteiger partial charge < -0.3 is 9.47 Å². The van der Waals surface area contributed by atoms with Gasteiger partial charge in [-0.25, -0.2) is 0 Å². The zero-order chi connectivity index (χ0) is 32.4. The fourth-order valence-corrected chi connectivity index (χ4v) is 7.06. The molecule has 5 rings (SSSR count).